The van der Waals surface area contributed by atoms with E-state index in [2.05, 4.69) is 45.2 Å². The zero-order valence-electron chi connectivity index (χ0n) is 14.7. The topological polar surface area (TPSA) is 50.7 Å². The van der Waals surface area contributed by atoms with Gasteiger partial charge in [-0.2, -0.15) is 4.37 Å². The maximum absolute atomic E-state index is 6.35. The lowest BCUT2D eigenvalue weighted by Crippen LogP contribution is -2.32. The van der Waals surface area contributed by atoms with E-state index >= 15 is 0 Å². The predicted octanol–water partition coefficient (Wildman–Crippen LogP) is 5.04. The molecule has 0 bridgehead atoms. The van der Waals surface area contributed by atoms with Crippen molar-refractivity contribution in [2.45, 2.75) is 44.7 Å². The van der Waals surface area contributed by atoms with E-state index in [1.807, 2.05) is 18.3 Å². The number of aromatic nitrogens is 3. The fourth-order valence-corrected chi connectivity index (χ4v) is 4.42. The summed E-state index contributed by atoms with van der Waals surface area (Å²) in [5.41, 5.74) is 5.45. The van der Waals surface area contributed by atoms with Gasteiger partial charge in [-0.1, -0.05) is 17.7 Å². The lowest BCUT2D eigenvalue weighted by atomic mass is 9.94. The van der Waals surface area contributed by atoms with Crippen molar-refractivity contribution < 1.29 is 0 Å². The molecule has 1 saturated heterocycles. The fraction of sp³-hybridized carbons (Fsp3) is 0.350. The van der Waals surface area contributed by atoms with Crippen LogP contribution < -0.4 is 5.32 Å². The van der Waals surface area contributed by atoms with Crippen LogP contribution in [-0.2, 0) is 6.42 Å². The highest BCUT2D eigenvalue weighted by Gasteiger charge is 2.26. The number of hydrogen-bond acceptors (Lipinski definition) is 5. The van der Waals surface area contributed by atoms with Crippen LogP contribution in [-0.4, -0.2) is 14.3 Å². The molecule has 0 unspecified atom stereocenters. The fourth-order valence-electron chi connectivity index (χ4n) is 3.48. The Balaban J connectivity index is 1.53. The second kappa shape index (κ2) is 7.82. The third-order valence-corrected chi connectivity index (χ3v) is 5.99. The molecule has 26 heavy (non-hydrogen) atoms. The Morgan fingerprint density at radius 2 is 2.08 bits per heavy atom. The van der Waals surface area contributed by atoms with E-state index in [0.29, 0.717) is 0 Å². The average Bonchev–Trinajstić information content (AvgIpc) is 3.07. The van der Waals surface area contributed by atoms with Gasteiger partial charge in [0.2, 0.25) is 0 Å². The van der Waals surface area contributed by atoms with Crippen molar-refractivity contribution in [3.8, 4) is 0 Å². The van der Waals surface area contributed by atoms with Gasteiger partial charge in [0, 0.05) is 29.7 Å². The number of pyridine rings is 2. The molecule has 3 aromatic rings. The van der Waals surface area contributed by atoms with Gasteiger partial charge in [-0.05, 0) is 67.5 Å². The van der Waals surface area contributed by atoms with Crippen LogP contribution in [0.5, 0.6) is 0 Å². The Morgan fingerprint density at radius 3 is 2.88 bits per heavy atom. The second-order valence-electron chi connectivity index (χ2n) is 6.75. The summed E-state index contributed by atoms with van der Waals surface area (Å²) in [7, 11) is 0. The summed E-state index contributed by atoms with van der Waals surface area (Å²) in [6.07, 6.45) is 5.84. The first-order chi connectivity index (χ1) is 12.7. The van der Waals surface area contributed by atoms with E-state index in [1.54, 1.807) is 0 Å². The molecule has 0 saturated carbocycles. The Hall–Kier alpha value is -1.82. The van der Waals surface area contributed by atoms with Gasteiger partial charge in [-0.15, -0.1) is 0 Å². The summed E-state index contributed by atoms with van der Waals surface area (Å²) in [5.74, 6) is 0. The Kier molecular flexibility index (Phi) is 5.29. The first kappa shape index (κ1) is 17.6. The summed E-state index contributed by atoms with van der Waals surface area (Å²) in [4.78, 5) is 9.40. The van der Waals surface area contributed by atoms with E-state index in [9.17, 15) is 0 Å². The van der Waals surface area contributed by atoms with Gasteiger partial charge in [0.05, 0.1) is 28.1 Å². The standard InChI is InChI=1S/C20H21ClN4S/c1-13-12-26-25-19(13)11-14-5-2-7-16(23-14)17-8-3-9-18(24-17)20-15(21)6-4-10-22-20/h2,4-7,10,12,17-18,24H,3,8-9,11H2,1H3/t17-,18+/m1/s1. The zero-order valence-corrected chi connectivity index (χ0v) is 16.2. The largest absolute Gasteiger partial charge is 0.300 e. The van der Waals surface area contributed by atoms with E-state index in [1.165, 1.54) is 17.1 Å². The molecule has 6 heteroatoms. The Bertz CT molecular complexity index is 895. The molecule has 1 N–H and O–H groups in total. The van der Waals surface area contributed by atoms with Gasteiger partial charge < -0.3 is 5.32 Å². The molecule has 1 aliphatic rings. The lowest BCUT2D eigenvalue weighted by Gasteiger charge is -2.31. The molecular weight excluding hydrogens is 364 g/mol. The second-order valence-corrected chi connectivity index (χ2v) is 7.78. The maximum atomic E-state index is 6.35. The van der Waals surface area contributed by atoms with E-state index < -0.39 is 0 Å². The highest BCUT2D eigenvalue weighted by molar-refractivity contribution is 7.03. The molecule has 0 spiro atoms. The highest BCUT2D eigenvalue weighted by atomic mass is 35.5. The zero-order chi connectivity index (χ0) is 17.9. The molecular formula is C20H21ClN4S. The van der Waals surface area contributed by atoms with Crippen LogP contribution in [0.25, 0.3) is 0 Å². The summed E-state index contributed by atoms with van der Waals surface area (Å²) in [5, 5.41) is 6.52. The van der Waals surface area contributed by atoms with Crippen LogP contribution in [0.3, 0.4) is 0 Å². The number of nitrogens with one attached hydrogen (secondary N) is 1. The molecule has 2 atom stereocenters. The summed E-state index contributed by atoms with van der Waals surface area (Å²) >= 11 is 7.85. The van der Waals surface area contributed by atoms with Crippen molar-refractivity contribution >= 4 is 23.1 Å². The Morgan fingerprint density at radius 1 is 1.19 bits per heavy atom. The maximum Gasteiger partial charge on any atom is 0.0759 e. The SMILES string of the molecule is Cc1csnc1Cc1cccc([C@H]2CCC[C@@H](c3ncccc3Cl)N2)n1. The molecule has 4 rings (SSSR count). The average molecular weight is 385 g/mol. The van der Waals surface area contributed by atoms with Crippen LogP contribution in [0.2, 0.25) is 5.02 Å². The summed E-state index contributed by atoms with van der Waals surface area (Å²) in [6.45, 7) is 2.10. The molecule has 0 aromatic carbocycles. The highest BCUT2D eigenvalue weighted by Crippen LogP contribution is 2.33. The van der Waals surface area contributed by atoms with Crippen LogP contribution in [0.1, 0.15) is 59.7 Å². The van der Waals surface area contributed by atoms with Crippen molar-refractivity contribution in [2.24, 2.45) is 0 Å². The summed E-state index contributed by atoms with van der Waals surface area (Å²) in [6, 6.07) is 10.5. The van der Waals surface area contributed by atoms with Crippen molar-refractivity contribution in [1.29, 1.82) is 0 Å². The number of nitrogens with zero attached hydrogens (tertiary/aromatic N) is 3. The van der Waals surface area contributed by atoms with Crippen molar-refractivity contribution in [1.82, 2.24) is 19.7 Å². The van der Waals surface area contributed by atoms with Gasteiger partial charge in [0.25, 0.3) is 0 Å². The minimum absolute atomic E-state index is 0.175. The third-order valence-electron chi connectivity index (χ3n) is 4.89. The number of piperidine rings is 1. The minimum atomic E-state index is 0.175. The van der Waals surface area contributed by atoms with Gasteiger partial charge in [-0.3, -0.25) is 9.97 Å². The molecule has 4 nitrogen and oxygen atoms in total. The number of hydrogen-bond donors (Lipinski definition) is 1. The minimum Gasteiger partial charge on any atom is -0.300 e. The smallest absolute Gasteiger partial charge is 0.0759 e. The number of rotatable bonds is 4. The lowest BCUT2D eigenvalue weighted by molar-refractivity contribution is 0.321. The molecule has 0 amide bonds. The van der Waals surface area contributed by atoms with Crippen LogP contribution in [0.15, 0.2) is 41.9 Å². The number of aryl methyl sites for hydroxylation is 1. The van der Waals surface area contributed by atoms with E-state index in [0.717, 1.165) is 53.5 Å². The van der Waals surface area contributed by atoms with Crippen molar-refractivity contribution in [3.63, 3.8) is 0 Å². The van der Waals surface area contributed by atoms with Crippen LogP contribution >= 0.6 is 23.1 Å². The Labute approximate surface area is 162 Å². The van der Waals surface area contributed by atoms with E-state index in [4.69, 9.17) is 16.6 Å². The van der Waals surface area contributed by atoms with Crippen LogP contribution in [0.4, 0.5) is 0 Å². The molecule has 1 fully saturated rings. The van der Waals surface area contributed by atoms with Gasteiger partial charge in [0.15, 0.2) is 0 Å². The molecule has 134 valence electrons. The first-order valence-corrected chi connectivity index (χ1v) is 10.1. The van der Waals surface area contributed by atoms with Crippen molar-refractivity contribution in [3.05, 3.63) is 75.3 Å². The number of halogens is 1. The quantitative estimate of drug-likeness (QED) is 0.684. The van der Waals surface area contributed by atoms with Gasteiger partial charge >= 0.3 is 0 Å². The predicted molar refractivity (Wildman–Crippen MR) is 106 cm³/mol. The molecule has 0 aliphatic carbocycles. The molecule has 1 aliphatic heterocycles. The molecule has 4 heterocycles. The van der Waals surface area contributed by atoms with Crippen LogP contribution in [0, 0.1) is 6.92 Å². The molecule has 0 radical (unpaired) electrons. The molecule has 3 aromatic heterocycles. The first-order valence-electron chi connectivity index (χ1n) is 8.93. The van der Waals surface area contributed by atoms with E-state index in [-0.39, 0.29) is 12.1 Å². The van der Waals surface area contributed by atoms with Gasteiger partial charge in [0.1, 0.15) is 0 Å². The normalized spacial score (nSPS) is 20.2. The summed E-state index contributed by atoms with van der Waals surface area (Å²) < 4.78 is 4.48. The van der Waals surface area contributed by atoms with Gasteiger partial charge in [-0.25, -0.2) is 0 Å². The third kappa shape index (κ3) is 3.80. The monoisotopic (exact) mass is 384 g/mol. The van der Waals surface area contributed by atoms with Crippen molar-refractivity contribution in [2.75, 3.05) is 0 Å².